The molecule has 0 aromatic rings. The Morgan fingerprint density at radius 3 is 0.743 bits per heavy atom. The molecule has 0 bridgehead atoms. The van der Waals surface area contributed by atoms with Gasteiger partial charge in [-0.3, -0.25) is 14.4 Å². The zero-order chi connectivity index (χ0) is 53.6. The van der Waals surface area contributed by atoms with Crippen molar-refractivity contribution in [1.29, 1.82) is 0 Å². The molecule has 0 N–H and O–H groups in total. The minimum absolute atomic E-state index is 0.0764. The van der Waals surface area contributed by atoms with E-state index in [-0.39, 0.29) is 31.1 Å². The predicted molar refractivity (Wildman–Crippen MR) is 321 cm³/mol. The Morgan fingerprint density at radius 1 is 0.270 bits per heavy atom. The molecule has 0 aliphatic rings. The maximum Gasteiger partial charge on any atom is 0.306 e. The van der Waals surface area contributed by atoms with Gasteiger partial charge in [0.25, 0.3) is 0 Å². The van der Waals surface area contributed by atoms with Gasteiger partial charge in [0.1, 0.15) is 13.2 Å². The lowest BCUT2D eigenvalue weighted by Crippen LogP contribution is -2.30. The second-order valence-electron chi connectivity index (χ2n) is 22.1. The number of unbranched alkanes of at least 4 members (excludes halogenated alkanes) is 43. The molecular weight excluding hydrogens is 913 g/mol. The summed E-state index contributed by atoms with van der Waals surface area (Å²) in [6.07, 6.45) is 78.2. The first-order valence-corrected chi connectivity index (χ1v) is 32.7. The number of ether oxygens (including phenoxy) is 3. The Kier molecular flexibility index (Phi) is 60.7. The van der Waals surface area contributed by atoms with E-state index in [1.807, 2.05) is 0 Å². The molecule has 432 valence electrons. The van der Waals surface area contributed by atoms with Gasteiger partial charge in [-0.1, -0.05) is 307 Å². The normalized spacial score (nSPS) is 12.3. The smallest absolute Gasteiger partial charge is 0.306 e. The highest BCUT2D eigenvalue weighted by Crippen LogP contribution is 2.17. The highest BCUT2D eigenvalue weighted by molar-refractivity contribution is 5.71. The molecular formula is C68H124O6. The van der Waals surface area contributed by atoms with Crippen LogP contribution in [-0.4, -0.2) is 37.2 Å². The Morgan fingerprint density at radius 2 is 0.473 bits per heavy atom. The third kappa shape index (κ3) is 60.2. The summed E-state index contributed by atoms with van der Waals surface area (Å²) >= 11 is 0. The van der Waals surface area contributed by atoms with Gasteiger partial charge in [0, 0.05) is 19.3 Å². The zero-order valence-corrected chi connectivity index (χ0v) is 49.6. The van der Waals surface area contributed by atoms with Crippen LogP contribution in [0.25, 0.3) is 0 Å². The average Bonchev–Trinajstić information content (AvgIpc) is 3.40. The lowest BCUT2D eigenvalue weighted by molar-refractivity contribution is -0.167. The van der Waals surface area contributed by atoms with E-state index in [1.54, 1.807) is 0 Å². The molecule has 1 unspecified atom stereocenters. The lowest BCUT2D eigenvalue weighted by Gasteiger charge is -2.18. The third-order valence-corrected chi connectivity index (χ3v) is 14.6. The van der Waals surface area contributed by atoms with Crippen LogP contribution in [0.5, 0.6) is 0 Å². The SMILES string of the molecule is CCCCC/C=C\C=C/CCCCCCCCCCCCC(=O)OCC(COC(=O)CCCCCCC/C=C\C=C/CCCCCCCCC)OC(=O)CCCCCCCCCCCCCCCCCCCCC. The Hall–Kier alpha value is -2.63. The largest absolute Gasteiger partial charge is 0.462 e. The molecule has 6 nitrogen and oxygen atoms in total. The van der Waals surface area contributed by atoms with Crippen molar-refractivity contribution in [2.75, 3.05) is 13.2 Å². The van der Waals surface area contributed by atoms with Crippen molar-refractivity contribution in [2.45, 2.75) is 354 Å². The predicted octanol–water partition coefficient (Wildman–Crippen LogP) is 22.2. The van der Waals surface area contributed by atoms with Crippen LogP contribution in [-0.2, 0) is 28.6 Å². The van der Waals surface area contributed by atoms with Crippen LogP contribution in [0, 0.1) is 0 Å². The van der Waals surface area contributed by atoms with Crippen LogP contribution in [0.2, 0.25) is 0 Å². The molecule has 0 rings (SSSR count). The molecule has 0 heterocycles. The number of hydrogen-bond donors (Lipinski definition) is 0. The molecule has 74 heavy (non-hydrogen) atoms. The van der Waals surface area contributed by atoms with E-state index in [4.69, 9.17) is 14.2 Å². The van der Waals surface area contributed by atoms with Crippen LogP contribution >= 0.6 is 0 Å². The minimum Gasteiger partial charge on any atom is -0.462 e. The lowest BCUT2D eigenvalue weighted by atomic mass is 10.0. The molecule has 0 aromatic heterocycles. The summed E-state index contributed by atoms with van der Waals surface area (Å²) in [5, 5.41) is 0. The number of carbonyl (C=O) groups is 3. The molecule has 0 spiro atoms. The molecule has 0 aliphatic heterocycles. The maximum absolute atomic E-state index is 12.9. The van der Waals surface area contributed by atoms with Crippen LogP contribution in [0.3, 0.4) is 0 Å². The highest BCUT2D eigenvalue weighted by atomic mass is 16.6. The molecule has 0 saturated heterocycles. The first-order valence-electron chi connectivity index (χ1n) is 32.7. The Labute approximate surface area is 460 Å². The molecule has 0 saturated carbocycles. The fraction of sp³-hybridized carbons (Fsp3) is 0.838. The Bertz CT molecular complexity index is 1280. The summed E-state index contributed by atoms with van der Waals surface area (Å²) < 4.78 is 17.0. The monoisotopic (exact) mass is 1040 g/mol. The van der Waals surface area contributed by atoms with Crippen molar-refractivity contribution < 1.29 is 28.6 Å². The quantitative estimate of drug-likeness (QED) is 0.0261. The van der Waals surface area contributed by atoms with E-state index in [2.05, 4.69) is 69.4 Å². The van der Waals surface area contributed by atoms with Crippen molar-refractivity contribution in [3.8, 4) is 0 Å². The van der Waals surface area contributed by atoms with Crippen molar-refractivity contribution in [3.63, 3.8) is 0 Å². The van der Waals surface area contributed by atoms with E-state index >= 15 is 0 Å². The summed E-state index contributed by atoms with van der Waals surface area (Å²) in [7, 11) is 0. The number of esters is 3. The van der Waals surface area contributed by atoms with Crippen molar-refractivity contribution >= 4 is 17.9 Å². The van der Waals surface area contributed by atoms with Crippen molar-refractivity contribution in [3.05, 3.63) is 48.6 Å². The summed E-state index contributed by atoms with van der Waals surface area (Å²) in [6, 6.07) is 0. The summed E-state index contributed by atoms with van der Waals surface area (Å²) in [5.74, 6) is -0.872. The van der Waals surface area contributed by atoms with Crippen LogP contribution < -0.4 is 0 Å². The van der Waals surface area contributed by atoms with Crippen LogP contribution in [0.15, 0.2) is 48.6 Å². The molecule has 0 aliphatic carbocycles. The number of carbonyl (C=O) groups excluding carboxylic acids is 3. The summed E-state index contributed by atoms with van der Waals surface area (Å²) in [6.45, 7) is 6.65. The van der Waals surface area contributed by atoms with Gasteiger partial charge in [-0.2, -0.15) is 0 Å². The van der Waals surface area contributed by atoms with E-state index in [1.165, 1.54) is 231 Å². The molecule has 0 fully saturated rings. The Balaban J connectivity index is 4.37. The van der Waals surface area contributed by atoms with E-state index < -0.39 is 6.10 Å². The van der Waals surface area contributed by atoms with Crippen LogP contribution in [0.4, 0.5) is 0 Å². The molecule has 0 radical (unpaired) electrons. The third-order valence-electron chi connectivity index (χ3n) is 14.6. The fourth-order valence-corrected chi connectivity index (χ4v) is 9.66. The van der Waals surface area contributed by atoms with Gasteiger partial charge in [-0.25, -0.2) is 0 Å². The molecule has 1 atom stereocenters. The van der Waals surface area contributed by atoms with Gasteiger partial charge in [0.05, 0.1) is 0 Å². The standard InChI is InChI=1S/C68H124O6/c1-4-7-10-13-16-19-22-25-28-31-34-37-40-43-46-49-52-55-58-61-67(70)73-64-65(63-72-66(69)60-57-54-51-48-45-42-39-36-33-30-27-24-21-18-15-12-9-6-3)74-68(71)62-59-56-53-50-47-44-41-38-35-32-29-26-23-20-17-14-11-8-5-2/h16,19,22,25,30,33,36,39,65H,4-15,17-18,20-21,23-24,26-29,31-32,34-35,37-38,40-64H2,1-3H3/b19-16-,25-22-,33-30-,39-36-. The number of hydrogen-bond acceptors (Lipinski definition) is 6. The van der Waals surface area contributed by atoms with Gasteiger partial charge in [0.2, 0.25) is 0 Å². The average molecular weight is 1040 g/mol. The second-order valence-corrected chi connectivity index (χ2v) is 22.1. The van der Waals surface area contributed by atoms with Gasteiger partial charge in [0.15, 0.2) is 6.10 Å². The highest BCUT2D eigenvalue weighted by Gasteiger charge is 2.19. The first kappa shape index (κ1) is 71.4. The van der Waals surface area contributed by atoms with Crippen molar-refractivity contribution in [1.82, 2.24) is 0 Å². The van der Waals surface area contributed by atoms with Gasteiger partial charge >= 0.3 is 17.9 Å². The van der Waals surface area contributed by atoms with E-state index in [9.17, 15) is 14.4 Å². The molecule has 0 aromatic carbocycles. The first-order chi connectivity index (χ1) is 36.5. The second kappa shape index (κ2) is 62.9. The number of rotatable bonds is 60. The molecule has 0 amide bonds. The fourth-order valence-electron chi connectivity index (χ4n) is 9.66. The maximum atomic E-state index is 12.9. The van der Waals surface area contributed by atoms with E-state index in [0.717, 1.165) is 77.0 Å². The number of allylic oxidation sites excluding steroid dienone is 8. The van der Waals surface area contributed by atoms with Crippen LogP contribution in [0.1, 0.15) is 348 Å². The summed E-state index contributed by atoms with van der Waals surface area (Å²) in [4.78, 5) is 38.4. The van der Waals surface area contributed by atoms with E-state index in [0.29, 0.717) is 19.3 Å². The van der Waals surface area contributed by atoms with Gasteiger partial charge in [-0.05, 0) is 70.6 Å². The van der Waals surface area contributed by atoms with Crippen molar-refractivity contribution in [2.24, 2.45) is 0 Å². The summed E-state index contributed by atoms with van der Waals surface area (Å²) in [5.41, 5.74) is 0. The molecule has 6 heteroatoms. The topological polar surface area (TPSA) is 78.9 Å². The zero-order valence-electron chi connectivity index (χ0n) is 49.6. The van der Waals surface area contributed by atoms with Gasteiger partial charge in [-0.15, -0.1) is 0 Å². The minimum atomic E-state index is -0.780. The van der Waals surface area contributed by atoms with Gasteiger partial charge < -0.3 is 14.2 Å².